The molecule has 0 aliphatic heterocycles. The van der Waals surface area contributed by atoms with Gasteiger partial charge >= 0.3 is 24.1 Å². The van der Waals surface area contributed by atoms with E-state index in [-0.39, 0.29) is 13.2 Å². The summed E-state index contributed by atoms with van der Waals surface area (Å²) in [6.07, 6.45) is -3.63. The number of rotatable bonds is 10. The van der Waals surface area contributed by atoms with E-state index in [1.54, 1.807) is 0 Å². The molecule has 0 unspecified atom stereocenters. The fourth-order valence-electron chi connectivity index (χ4n) is 1.79. The number of carbonyl (C=O) groups excluding carboxylic acids is 4. The van der Waals surface area contributed by atoms with Crippen molar-refractivity contribution in [2.75, 3.05) is 53.1 Å². The van der Waals surface area contributed by atoms with Crippen LogP contribution >= 0.6 is 7.37 Å². The zero-order chi connectivity index (χ0) is 21.0. The lowest BCUT2D eigenvalue weighted by Gasteiger charge is -2.27. The number of amides is 2. The Morgan fingerprint density at radius 2 is 1.15 bits per heavy atom. The largest absolute Gasteiger partial charge is 0.468 e. The van der Waals surface area contributed by atoms with Gasteiger partial charge in [0, 0.05) is 0 Å². The van der Waals surface area contributed by atoms with Crippen LogP contribution in [0.25, 0.3) is 0 Å². The number of carbonyl (C=O) groups is 4. The van der Waals surface area contributed by atoms with Crippen molar-refractivity contribution < 1.29 is 47.6 Å². The van der Waals surface area contributed by atoms with Crippen molar-refractivity contribution in [2.24, 2.45) is 0 Å². The Morgan fingerprint density at radius 3 is 1.41 bits per heavy atom. The fraction of sp³-hybridized carbons (Fsp3) is 0.714. The number of ether oxygens (including phenoxy) is 4. The molecule has 0 heterocycles. The molecule has 0 fully saturated rings. The molecule has 0 atom stereocenters. The van der Waals surface area contributed by atoms with Crippen molar-refractivity contribution in [3.05, 3.63) is 0 Å². The van der Waals surface area contributed by atoms with Crippen LogP contribution < -0.4 is 0 Å². The molecule has 27 heavy (non-hydrogen) atoms. The van der Waals surface area contributed by atoms with E-state index in [2.05, 4.69) is 9.47 Å². The first-order chi connectivity index (χ1) is 12.6. The maximum absolute atomic E-state index is 12.5. The van der Waals surface area contributed by atoms with Gasteiger partial charge in [0.25, 0.3) is 0 Å². The molecule has 156 valence electrons. The number of hydrogen-bond acceptors (Lipinski definition) is 9. The van der Waals surface area contributed by atoms with Gasteiger partial charge < -0.3 is 23.8 Å². The van der Waals surface area contributed by atoms with Gasteiger partial charge in [0.05, 0.1) is 27.4 Å². The van der Waals surface area contributed by atoms with E-state index < -0.39 is 57.2 Å². The van der Waals surface area contributed by atoms with Crippen LogP contribution in [0.4, 0.5) is 9.59 Å². The average Bonchev–Trinajstić information content (AvgIpc) is 2.60. The predicted octanol–water partition coefficient (Wildman–Crippen LogP) is 0.435. The van der Waals surface area contributed by atoms with Crippen molar-refractivity contribution in [3.8, 4) is 0 Å². The normalized spacial score (nSPS) is 10.6. The maximum atomic E-state index is 12.5. The van der Waals surface area contributed by atoms with Crippen LogP contribution in [0.5, 0.6) is 0 Å². The Morgan fingerprint density at radius 1 is 0.815 bits per heavy atom. The second-order valence-electron chi connectivity index (χ2n) is 5.08. The quantitative estimate of drug-likeness (QED) is 0.304. The molecule has 2 amide bonds. The Labute approximate surface area is 156 Å². The highest BCUT2D eigenvalue weighted by Crippen LogP contribution is 2.42. The van der Waals surface area contributed by atoms with E-state index >= 15 is 0 Å². The van der Waals surface area contributed by atoms with Crippen LogP contribution in [0.3, 0.4) is 0 Å². The van der Waals surface area contributed by atoms with Crippen LogP contribution in [0, 0.1) is 0 Å². The lowest BCUT2D eigenvalue weighted by molar-refractivity contribution is -0.142. The highest BCUT2D eigenvalue weighted by Gasteiger charge is 2.33. The minimum Gasteiger partial charge on any atom is -0.468 e. The summed E-state index contributed by atoms with van der Waals surface area (Å²) in [5, 5.41) is 0. The highest BCUT2D eigenvalue weighted by molar-refractivity contribution is 7.57. The molecule has 0 rings (SSSR count). The van der Waals surface area contributed by atoms with Crippen molar-refractivity contribution in [3.63, 3.8) is 0 Å². The molecular formula is C14H25N2O10P. The van der Waals surface area contributed by atoms with Gasteiger partial charge in [0.1, 0.15) is 25.7 Å². The van der Waals surface area contributed by atoms with Crippen molar-refractivity contribution >= 4 is 31.5 Å². The van der Waals surface area contributed by atoms with Crippen LogP contribution in [-0.2, 0) is 33.1 Å². The first-order valence-corrected chi connectivity index (χ1v) is 9.91. The lowest BCUT2D eigenvalue weighted by atomic mass is 10.6. The Balaban J connectivity index is 5.33. The second-order valence-corrected chi connectivity index (χ2v) is 7.33. The third-order valence-electron chi connectivity index (χ3n) is 2.93. The van der Waals surface area contributed by atoms with Crippen LogP contribution in [0.1, 0.15) is 13.8 Å². The molecule has 0 aromatic carbocycles. The van der Waals surface area contributed by atoms with Crippen LogP contribution in [0.15, 0.2) is 0 Å². The number of methoxy groups -OCH3 is 2. The molecule has 0 radical (unpaired) electrons. The third kappa shape index (κ3) is 9.80. The molecule has 12 nitrogen and oxygen atoms in total. The van der Waals surface area contributed by atoms with Crippen molar-refractivity contribution in [1.82, 2.24) is 9.80 Å². The van der Waals surface area contributed by atoms with Gasteiger partial charge in [-0.1, -0.05) is 0 Å². The minimum absolute atomic E-state index is 0.0243. The van der Waals surface area contributed by atoms with Crippen LogP contribution in [0.2, 0.25) is 0 Å². The van der Waals surface area contributed by atoms with Gasteiger partial charge in [-0.2, -0.15) is 0 Å². The molecule has 0 bridgehead atoms. The van der Waals surface area contributed by atoms with Crippen molar-refractivity contribution in [2.45, 2.75) is 13.8 Å². The summed E-state index contributed by atoms with van der Waals surface area (Å²) >= 11 is 0. The molecule has 0 aliphatic carbocycles. The summed E-state index contributed by atoms with van der Waals surface area (Å²) in [4.78, 5) is 58.2. The highest BCUT2D eigenvalue weighted by atomic mass is 31.2. The standard InChI is InChI=1S/C14H25N2O10P/c1-5-25-13(19)15(7-11(17)23-3)9-27(21,22)10-16(8-12(18)24-4)14(20)26-6-2/h5-10H2,1-4H3,(H,21,22). The molecule has 1 N–H and O–H groups in total. The third-order valence-corrected chi connectivity index (χ3v) is 4.50. The first-order valence-electron chi connectivity index (χ1n) is 7.88. The summed E-state index contributed by atoms with van der Waals surface area (Å²) in [6, 6.07) is 0. The topological polar surface area (TPSA) is 149 Å². The first kappa shape index (κ1) is 24.7. The molecule has 0 aromatic rings. The number of esters is 2. The SMILES string of the molecule is CCOC(=O)N(CC(=O)OC)CP(=O)(O)CN(CC(=O)OC)C(=O)OCC. The van der Waals surface area contributed by atoms with Gasteiger partial charge in [-0.3, -0.25) is 24.0 Å². The monoisotopic (exact) mass is 412 g/mol. The zero-order valence-electron chi connectivity index (χ0n) is 15.7. The van der Waals surface area contributed by atoms with Crippen molar-refractivity contribution in [1.29, 1.82) is 0 Å². The summed E-state index contributed by atoms with van der Waals surface area (Å²) in [7, 11) is -2.09. The fourth-order valence-corrected chi connectivity index (χ4v) is 3.38. The van der Waals surface area contributed by atoms with Gasteiger partial charge in [0.15, 0.2) is 0 Å². The Hall–Kier alpha value is -2.33. The smallest absolute Gasteiger partial charge is 0.410 e. The maximum Gasteiger partial charge on any atom is 0.410 e. The predicted molar refractivity (Wildman–Crippen MR) is 91.0 cm³/mol. The van der Waals surface area contributed by atoms with Gasteiger partial charge in [-0.05, 0) is 13.8 Å². The van der Waals surface area contributed by atoms with E-state index in [4.69, 9.17) is 9.47 Å². The summed E-state index contributed by atoms with van der Waals surface area (Å²) in [6.45, 7) is 1.73. The second kappa shape index (κ2) is 12.1. The van der Waals surface area contributed by atoms with E-state index in [1.807, 2.05) is 0 Å². The Bertz CT molecular complexity index is 536. The molecule has 0 aliphatic rings. The molecule has 13 heteroatoms. The molecule has 0 saturated carbocycles. The van der Waals surface area contributed by atoms with Gasteiger partial charge in [-0.15, -0.1) is 0 Å². The number of hydrogen-bond donors (Lipinski definition) is 1. The molecule has 0 saturated heterocycles. The summed E-state index contributed by atoms with van der Waals surface area (Å²) in [5.41, 5.74) is 0. The Kier molecular flexibility index (Phi) is 11.1. The number of nitrogens with zero attached hydrogens (tertiary/aromatic N) is 2. The average molecular weight is 412 g/mol. The lowest BCUT2D eigenvalue weighted by Crippen LogP contribution is -2.41. The van der Waals surface area contributed by atoms with Gasteiger partial charge in [-0.25, -0.2) is 9.59 Å². The van der Waals surface area contributed by atoms with E-state index in [1.165, 1.54) is 13.8 Å². The van der Waals surface area contributed by atoms with Crippen LogP contribution in [-0.4, -0.2) is 91.9 Å². The van der Waals surface area contributed by atoms with E-state index in [9.17, 15) is 28.6 Å². The van der Waals surface area contributed by atoms with E-state index in [0.29, 0.717) is 9.80 Å². The zero-order valence-corrected chi connectivity index (χ0v) is 16.6. The molecule has 0 spiro atoms. The van der Waals surface area contributed by atoms with E-state index in [0.717, 1.165) is 14.2 Å². The molecular weight excluding hydrogens is 387 g/mol. The minimum atomic E-state index is -4.26. The molecule has 0 aromatic heterocycles. The summed E-state index contributed by atoms with van der Waals surface area (Å²) in [5.74, 6) is -1.67. The summed E-state index contributed by atoms with van der Waals surface area (Å²) < 4.78 is 30.9. The van der Waals surface area contributed by atoms with Gasteiger partial charge in [0.2, 0.25) is 7.37 Å².